The zero-order valence-corrected chi connectivity index (χ0v) is 14.9. The summed E-state index contributed by atoms with van der Waals surface area (Å²) in [5.41, 5.74) is 2.83. The van der Waals surface area contributed by atoms with E-state index in [9.17, 15) is 23.1 Å². The molecule has 0 fully saturated rings. The molecule has 1 aromatic heterocycles. The van der Waals surface area contributed by atoms with E-state index in [1.807, 2.05) is 0 Å². The molecule has 0 spiro atoms. The lowest BCUT2D eigenvalue weighted by atomic mass is 10.0. The van der Waals surface area contributed by atoms with Crippen LogP contribution in [0.15, 0.2) is 42.5 Å². The summed E-state index contributed by atoms with van der Waals surface area (Å²) in [5.74, 6) is -1.29. The van der Waals surface area contributed by atoms with Crippen LogP contribution >= 0.6 is 11.6 Å². The number of aromatic nitrogens is 1. The van der Waals surface area contributed by atoms with Gasteiger partial charge >= 0.3 is 12.3 Å². The average Bonchev–Trinajstić information content (AvgIpc) is 2.78. The van der Waals surface area contributed by atoms with E-state index in [1.165, 1.54) is 18.2 Å². The fourth-order valence-electron chi connectivity index (χ4n) is 3.14. The Morgan fingerprint density at radius 3 is 2.63 bits per heavy atom. The first kappa shape index (κ1) is 19.1. The van der Waals surface area contributed by atoms with Gasteiger partial charge in [0.2, 0.25) is 0 Å². The predicted molar refractivity (Wildman–Crippen MR) is 95.3 cm³/mol. The van der Waals surface area contributed by atoms with Gasteiger partial charge in [0, 0.05) is 16.1 Å². The maximum Gasteiger partial charge on any atom is 0.573 e. The Labute approximate surface area is 157 Å². The summed E-state index contributed by atoms with van der Waals surface area (Å²) in [6.07, 6.45) is -4.44. The van der Waals surface area contributed by atoms with Crippen molar-refractivity contribution < 1.29 is 27.8 Å². The van der Waals surface area contributed by atoms with Crippen molar-refractivity contribution in [2.75, 3.05) is 0 Å². The molecule has 0 atom stereocenters. The van der Waals surface area contributed by atoms with Crippen molar-refractivity contribution in [1.82, 2.24) is 4.57 Å². The average molecular weight is 398 g/mol. The number of rotatable bonds is 5. The standard InChI is InChI=1S/C19H15ClF3NO3/c1-11-16(8-12-3-2-4-14(7-12)27-19(21,22)23)15-6-5-13(20)9-17(15)24(11)10-18(25)26/h2-7,9H,8,10H2,1H3,(H,25,26). The molecule has 3 rings (SSSR count). The van der Waals surface area contributed by atoms with Crippen LogP contribution in [0.1, 0.15) is 16.8 Å². The molecule has 0 radical (unpaired) electrons. The van der Waals surface area contributed by atoms with Crippen molar-refractivity contribution in [3.63, 3.8) is 0 Å². The van der Waals surface area contributed by atoms with E-state index in [1.54, 1.807) is 35.8 Å². The number of carbonyl (C=O) groups is 1. The van der Waals surface area contributed by atoms with E-state index in [0.29, 0.717) is 22.5 Å². The minimum absolute atomic E-state index is 0.236. The molecule has 8 heteroatoms. The van der Waals surface area contributed by atoms with Crippen LogP contribution in [0.4, 0.5) is 13.2 Å². The maximum atomic E-state index is 12.4. The molecule has 2 aromatic carbocycles. The van der Waals surface area contributed by atoms with E-state index in [4.69, 9.17) is 11.6 Å². The molecule has 1 N–H and O–H groups in total. The smallest absolute Gasteiger partial charge is 0.480 e. The normalized spacial score (nSPS) is 11.7. The molecule has 0 aliphatic carbocycles. The van der Waals surface area contributed by atoms with Gasteiger partial charge in [-0.3, -0.25) is 4.79 Å². The number of hydrogen-bond donors (Lipinski definition) is 1. The van der Waals surface area contributed by atoms with Crippen molar-refractivity contribution in [2.45, 2.75) is 26.3 Å². The largest absolute Gasteiger partial charge is 0.573 e. The summed E-state index contributed by atoms with van der Waals surface area (Å²) in [6.45, 7) is 1.54. The van der Waals surface area contributed by atoms with Crippen LogP contribution in [-0.2, 0) is 17.8 Å². The summed E-state index contributed by atoms with van der Waals surface area (Å²) in [7, 11) is 0. The number of ether oxygens (including phenoxy) is 1. The van der Waals surface area contributed by atoms with Gasteiger partial charge in [-0.2, -0.15) is 0 Å². The Morgan fingerprint density at radius 2 is 1.96 bits per heavy atom. The van der Waals surface area contributed by atoms with Gasteiger partial charge in [0.05, 0.1) is 5.52 Å². The number of fused-ring (bicyclic) bond motifs is 1. The molecule has 0 aliphatic heterocycles. The Hall–Kier alpha value is -2.67. The van der Waals surface area contributed by atoms with Crippen LogP contribution in [-0.4, -0.2) is 22.0 Å². The highest BCUT2D eigenvalue weighted by Crippen LogP contribution is 2.31. The van der Waals surface area contributed by atoms with Gasteiger partial charge in [-0.25, -0.2) is 0 Å². The van der Waals surface area contributed by atoms with Gasteiger partial charge < -0.3 is 14.4 Å². The maximum absolute atomic E-state index is 12.4. The molecule has 0 amide bonds. The van der Waals surface area contributed by atoms with Crippen molar-refractivity contribution in [2.24, 2.45) is 0 Å². The van der Waals surface area contributed by atoms with Gasteiger partial charge in [0.15, 0.2) is 0 Å². The third-order valence-electron chi connectivity index (χ3n) is 4.22. The molecular formula is C19H15ClF3NO3. The van der Waals surface area contributed by atoms with Crippen LogP contribution in [0.2, 0.25) is 5.02 Å². The van der Waals surface area contributed by atoms with Gasteiger partial charge in [-0.05, 0) is 48.7 Å². The molecule has 0 bridgehead atoms. The Bertz CT molecular complexity index is 1010. The van der Waals surface area contributed by atoms with E-state index >= 15 is 0 Å². The number of hydrogen-bond acceptors (Lipinski definition) is 2. The monoisotopic (exact) mass is 397 g/mol. The van der Waals surface area contributed by atoms with Crippen LogP contribution in [0.5, 0.6) is 5.75 Å². The van der Waals surface area contributed by atoms with Crippen LogP contribution in [0.25, 0.3) is 10.9 Å². The molecule has 4 nitrogen and oxygen atoms in total. The topological polar surface area (TPSA) is 51.5 Å². The number of carboxylic acid groups (broad SMARTS) is 1. The SMILES string of the molecule is Cc1c(Cc2cccc(OC(F)(F)F)c2)c2ccc(Cl)cc2n1CC(=O)O. The Kier molecular flexibility index (Phi) is 5.06. The number of aliphatic carboxylic acids is 1. The number of halogens is 4. The van der Waals surface area contributed by atoms with Gasteiger partial charge in [0.25, 0.3) is 0 Å². The number of benzene rings is 2. The third-order valence-corrected chi connectivity index (χ3v) is 4.46. The predicted octanol–water partition coefficient (Wildman–Crippen LogP) is 5.18. The summed E-state index contributed by atoms with van der Waals surface area (Å²) >= 11 is 6.05. The van der Waals surface area contributed by atoms with Crippen LogP contribution in [0, 0.1) is 6.92 Å². The molecule has 27 heavy (non-hydrogen) atoms. The first-order valence-corrected chi connectivity index (χ1v) is 8.35. The fraction of sp³-hybridized carbons (Fsp3) is 0.211. The highest BCUT2D eigenvalue weighted by Gasteiger charge is 2.31. The van der Waals surface area contributed by atoms with Gasteiger partial charge in [-0.1, -0.05) is 29.8 Å². The molecule has 0 saturated heterocycles. The summed E-state index contributed by atoms with van der Waals surface area (Å²) in [6, 6.07) is 10.9. The molecule has 142 valence electrons. The van der Waals surface area contributed by atoms with E-state index < -0.39 is 12.3 Å². The second-order valence-corrected chi connectivity index (χ2v) is 6.51. The molecule has 0 aliphatic rings. The second-order valence-electron chi connectivity index (χ2n) is 6.08. The molecule has 3 aromatic rings. The number of nitrogens with zero attached hydrogens (tertiary/aromatic N) is 1. The molecule has 0 saturated carbocycles. The first-order valence-electron chi connectivity index (χ1n) is 7.98. The van der Waals surface area contributed by atoms with Crippen molar-refractivity contribution in [1.29, 1.82) is 0 Å². The summed E-state index contributed by atoms with van der Waals surface area (Å²) in [4.78, 5) is 11.2. The van der Waals surface area contributed by atoms with Crippen molar-refractivity contribution >= 4 is 28.5 Å². The van der Waals surface area contributed by atoms with E-state index in [-0.39, 0.29) is 12.3 Å². The lowest BCUT2D eigenvalue weighted by molar-refractivity contribution is -0.274. The van der Waals surface area contributed by atoms with E-state index in [0.717, 1.165) is 16.6 Å². The summed E-state index contributed by atoms with van der Waals surface area (Å²) < 4.78 is 42.9. The van der Waals surface area contributed by atoms with Crippen LogP contribution in [0.3, 0.4) is 0 Å². The fourth-order valence-corrected chi connectivity index (χ4v) is 3.31. The van der Waals surface area contributed by atoms with Crippen molar-refractivity contribution in [3.05, 3.63) is 64.3 Å². The quantitative estimate of drug-likeness (QED) is 0.645. The minimum atomic E-state index is -4.76. The zero-order valence-electron chi connectivity index (χ0n) is 14.2. The molecule has 0 unspecified atom stereocenters. The second kappa shape index (κ2) is 7.15. The number of alkyl halides is 3. The van der Waals surface area contributed by atoms with Crippen molar-refractivity contribution in [3.8, 4) is 5.75 Å². The molecular weight excluding hydrogens is 383 g/mol. The van der Waals surface area contributed by atoms with Gasteiger partial charge in [0.1, 0.15) is 12.3 Å². The van der Waals surface area contributed by atoms with Crippen LogP contribution < -0.4 is 4.74 Å². The first-order chi connectivity index (χ1) is 12.6. The lowest BCUT2D eigenvalue weighted by Crippen LogP contribution is -2.17. The number of carboxylic acids is 1. The highest BCUT2D eigenvalue weighted by molar-refractivity contribution is 6.31. The lowest BCUT2D eigenvalue weighted by Gasteiger charge is -2.10. The Balaban J connectivity index is 2.04. The minimum Gasteiger partial charge on any atom is -0.480 e. The third kappa shape index (κ3) is 4.36. The molecule has 1 heterocycles. The van der Waals surface area contributed by atoms with Gasteiger partial charge in [-0.15, -0.1) is 13.2 Å². The Morgan fingerprint density at radius 1 is 1.22 bits per heavy atom. The highest BCUT2D eigenvalue weighted by atomic mass is 35.5. The summed E-state index contributed by atoms with van der Waals surface area (Å²) in [5, 5.41) is 10.5. The van der Waals surface area contributed by atoms with E-state index in [2.05, 4.69) is 4.74 Å². The zero-order chi connectivity index (χ0) is 19.8.